The summed E-state index contributed by atoms with van der Waals surface area (Å²) in [5.41, 5.74) is 1.79. The van der Waals surface area contributed by atoms with Crippen LogP contribution in [0.25, 0.3) is 0 Å². The number of ether oxygens (including phenoxy) is 2. The molecule has 0 saturated carbocycles. The van der Waals surface area contributed by atoms with Gasteiger partial charge in [0.05, 0.1) is 17.8 Å². The van der Waals surface area contributed by atoms with Crippen LogP contribution in [0.15, 0.2) is 23.8 Å². The minimum absolute atomic E-state index is 0.0958. The molecule has 3 rings (SSSR count). The van der Waals surface area contributed by atoms with Crippen molar-refractivity contribution in [2.75, 3.05) is 0 Å². The van der Waals surface area contributed by atoms with Crippen LogP contribution in [0, 0.1) is 11.8 Å². The second-order valence-electron chi connectivity index (χ2n) is 8.11. The Kier molecular flexibility index (Phi) is 4.89. The second kappa shape index (κ2) is 6.64. The topological polar surface area (TPSA) is 59.1 Å². The fourth-order valence-electron chi connectivity index (χ4n) is 4.16. The van der Waals surface area contributed by atoms with Gasteiger partial charge < -0.3 is 14.6 Å². The number of hydrogen-bond donors (Lipinski definition) is 1. The van der Waals surface area contributed by atoms with Crippen molar-refractivity contribution in [3.8, 4) is 0 Å². The number of hydrogen-bond acceptors (Lipinski definition) is 4. The molecule has 0 spiro atoms. The van der Waals surface area contributed by atoms with E-state index in [0.717, 1.165) is 32.1 Å². The van der Waals surface area contributed by atoms with Gasteiger partial charge in [-0.3, -0.25) is 0 Å². The van der Waals surface area contributed by atoms with E-state index in [1.54, 1.807) is 0 Å². The number of carbonyl (C=O) groups is 1. The van der Waals surface area contributed by atoms with E-state index in [1.807, 2.05) is 6.92 Å². The lowest BCUT2D eigenvalue weighted by atomic mass is 9.82. The lowest BCUT2D eigenvalue weighted by Crippen LogP contribution is -2.37. The van der Waals surface area contributed by atoms with Gasteiger partial charge >= 0.3 is 5.97 Å². The summed E-state index contributed by atoms with van der Waals surface area (Å²) in [6.45, 7) is 10.3. The molecule has 134 valence electrons. The summed E-state index contributed by atoms with van der Waals surface area (Å²) >= 11 is 0. The highest BCUT2D eigenvalue weighted by Crippen LogP contribution is 2.47. The molecule has 2 fully saturated rings. The van der Waals surface area contributed by atoms with E-state index in [2.05, 4.69) is 26.5 Å². The highest BCUT2D eigenvalue weighted by Gasteiger charge is 2.55. The van der Waals surface area contributed by atoms with Crippen molar-refractivity contribution in [2.24, 2.45) is 11.8 Å². The van der Waals surface area contributed by atoms with Gasteiger partial charge in [-0.2, -0.15) is 0 Å². The Labute approximate surface area is 144 Å². The van der Waals surface area contributed by atoms with Crippen molar-refractivity contribution in [3.63, 3.8) is 0 Å². The summed E-state index contributed by atoms with van der Waals surface area (Å²) in [5, 5.41) is 10.7. The standard InChI is InChI=1S/C20H30O4/c1-12-7-5-9-13(2)17(21)18-15(14(3)19(22)23-18)11-16-20(4,24-16)10-6-8-12/h8,13,15-18,21H,3,5-7,9-11H2,1-2,4H3/b12-8+/t13-,15-,16-,17+,18+,20+/m0/s1. The molecule has 2 heterocycles. The quantitative estimate of drug-likeness (QED) is 0.319. The summed E-state index contributed by atoms with van der Waals surface area (Å²) in [6.07, 6.45) is 7.07. The van der Waals surface area contributed by atoms with Crippen LogP contribution in [-0.4, -0.2) is 35.0 Å². The Bertz CT molecular complexity index is 552. The molecule has 4 heteroatoms. The van der Waals surface area contributed by atoms with Crippen LogP contribution < -0.4 is 0 Å². The number of esters is 1. The van der Waals surface area contributed by atoms with Crippen LogP contribution in [-0.2, 0) is 14.3 Å². The van der Waals surface area contributed by atoms with Crippen molar-refractivity contribution in [1.29, 1.82) is 0 Å². The maximum Gasteiger partial charge on any atom is 0.334 e. The predicted octanol–water partition coefficient (Wildman–Crippen LogP) is 3.54. The number of fused-ring (bicyclic) bond motifs is 2. The van der Waals surface area contributed by atoms with Crippen LogP contribution in [0.4, 0.5) is 0 Å². The van der Waals surface area contributed by atoms with E-state index >= 15 is 0 Å². The first-order valence-corrected chi connectivity index (χ1v) is 9.23. The van der Waals surface area contributed by atoms with E-state index in [0.29, 0.717) is 12.0 Å². The molecule has 6 atom stereocenters. The Morgan fingerprint density at radius 2 is 2.17 bits per heavy atom. The van der Waals surface area contributed by atoms with Gasteiger partial charge in [0.15, 0.2) is 0 Å². The molecule has 0 aromatic carbocycles. The minimum atomic E-state index is -0.643. The van der Waals surface area contributed by atoms with Gasteiger partial charge in [0.25, 0.3) is 0 Å². The van der Waals surface area contributed by atoms with Gasteiger partial charge in [-0.25, -0.2) is 4.79 Å². The van der Waals surface area contributed by atoms with Crippen LogP contribution in [0.3, 0.4) is 0 Å². The van der Waals surface area contributed by atoms with Gasteiger partial charge in [-0.1, -0.05) is 25.2 Å². The molecular weight excluding hydrogens is 304 g/mol. The number of carbonyl (C=O) groups excluding carboxylic acids is 1. The Morgan fingerprint density at radius 1 is 1.42 bits per heavy atom. The van der Waals surface area contributed by atoms with Crippen molar-refractivity contribution < 1.29 is 19.4 Å². The van der Waals surface area contributed by atoms with Crippen molar-refractivity contribution in [1.82, 2.24) is 0 Å². The fraction of sp³-hybridized carbons (Fsp3) is 0.750. The average Bonchev–Trinajstić information content (AvgIpc) is 3.08. The first kappa shape index (κ1) is 17.7. The number of epoxide rings is 1. The molecule has 1 aliphatic carbocycles. The van der Waals surface area contributed by atoms with E-state index in [4.69, 9.17) is 9.47 Å². The summed E-state index contributed by atoms with van der Waals surface area (Å²) in [5.74, 6) is -0.402. The van der Waals surface area contributed by atoms with Gasteiger partial charge in [-0.05, 0) is 58.3 Å². The number of aliphatic hydroxyl groups is 1. The van der Waals surface area contributed by atoms with Gasteiger partial charge in [0.2, 0.25) is 0 Å². The number of allylic oxidation sites excluding steroid dienone is 2. The van der Waals surface area contributed by atoms with Crippen LogP contribution >= 0.6 is 0 Å². The predicted molar refractivity (Wildman–Crippen MR) is 92.4 cm³/mol. The molecule has 3 aliphatic rings. The molecule has 2 saturated heterocycles. The maximum atomic E-state index is 12.0. The van der Waals surface area contributed by atoms with E-state index in [-0.39, 0.29) is 29.5 Å². The van der Waals surface area contributed by atoms with Gasteiger partial charge in [0, 0.05) is 11.5 Å². The lowest BCUT2D eigenvalue weighted by molar-refractivity contribution is -0.146. The largest absolute Gasteiger partial charge is 0.456 e. The summed E-state index contributed by atoms with van der Waals surface area (Å²) in [6, 6.07) is 0. The third kappa shape index (κ3) is 3.45. The van der Waals surface area contributed by atoms with Crippen molar-refractivity contribution in [2.45, 2.75) is 83.2 Å². The van der Waals surface area contributed by atoms with Crippen LogP contribution in [0.2, 0.25) is 0 Å². The van der Waals surface area contributed by atoms with Crippen LogP contribution in [0.1, 0.15) is 59.3 Å². The molecule has 0 unspecified atom stereocenters. The first-order chi connectivity index (χ1) is 11.3. The monoisotopic (exact) mass is 334 g/mol. The Hall–Kier alpha value is -1.13. The Balaban J connectivity index is 1.79. The van der Waals surface area contributed by atoms with Gasteiger partial charge in [-0.15, -0.1) is 0 Å². The van der Waals surface area contributed by atoms with E-state index < -0.39 is 12.2 Å². The number of aliphatic hydroxyl groups excluding tert-OH is 1. The zero-order chi connectivity index (χ0) is 17.5. The first-order valence-electron chi connectivity index (χ1n) is 9.23. The van der Waals surface area contributed by atoms with E-state index in [1.165, 1.54) is 5.57 Å². The van der Waals surface area contributed by atoms with Crippen molar-refractivity contribution in [3.05, 3.63) is 23.8 Å². The SMILES string of the molecule is C=C1C(=O)O[C@H]2[C@H](O)[C@@H](C)CCC/C(C)=C/CC[C@@]3(C)O[C@H]3C[C@@H]12. The second-order valence-corrected chi connectivity index (χ2v) is 8.11. The zero-order valence-corrected chi connectivity index (χ0v) is 15.1. The normalized spacial score (nSPS) is 46.2. The highest BCUT2D eigenvalue weighted by molar-refractivity contribution is 5.90. The van der Waals surface area contributed by atoms with Crippen molar-refractivity contribution >= 4 is 5.97 Å². The molecule has 24 heavy (non-hydrogen) atoms. The maximum absolute atomic E-state index is 12.0. The molecule has 0 bridgehead atoms. The van der Waals surface area contributed by atoms with Crippen LogP contribution in [0.5, 0.6) is 0 Å². The van der Waals surface area contributed by atoms with Gasteiger partial charge in [0.1, 0.15) is 6.10 Å². The summed E-state index contributed by atoms with van der Waals surface area (Å²) in [4.78, 5) is 12.0. The molecule has 0 aromatic rings. The Morgan fingerprint density at radius 3 is 2.92 bits per heavy atom. The molecular formula is C20H30O4. The molecule has 0 amide bonds. The molecule has 1 N–H and O–H groups in total. The highest BCUT2D eigenvalue weighted by atomic mass is 16.6. The minimum Gasteiger partial charge on any atom is -0.456 e. The van der Waals surface area contributed by atoms with E-state index in [9.17, 15) is 9.90 Å². The molecule has 2 aliphatic heterocycles. The zero-order valence-electron chi connectivity index (χ0n) is 15.1. The third-order valence-corrected chi connectivity index (χ3v) is 6.14. The summed E-state index contributed by atoms with van der Waals surface area (Å²) < 4.78 is 11.4. The smallest absolute Gasteiger partial charge is 0.334 e. The molecule has 0 aromatic heterocycles. The number of rotatable bonds is 0. The average molecular weight is 334 g/mol. The lowest BCUT2D eigenvalue weighted by Gasteiger charge is -2.27. The summed E-state index contributed by atoms with van der Waals surface area (Å²) in [7, 11) is 0. The molecule has 4 nitrogen and oxygen atoms in total. The fourth-order valence-corrected chi connectivity index (χ4v) is 4.16. The molecule has 0 radical (unpaired) electrons. The third-order valence-electron chi connectivity index (χ3n) is 6.14.